The molecule has 2 heterocycles. The summed E-state index contributed by atoms with van der Waals surface area (Å²) in [4.78, 5) is 39.7. The predicted octanol–water partition coefficient (Wildman–Crippen LogP) is 8.48. The number of nitrogens with one attached hydrogen (secondary N) is 4. The molecule has 4 amide bonds. The van der Waals surface area contributed by atoms with E-state index in [9.17, 15) is 18.8 Å². The summed E-state index contributed by atoms with van der Waals surface area (Å²) >= 11 is 5.80. The quantitative estimate of drug-likeness (QED) is 0.137. The number of hydrogen-bond donors (Lipinski definition) is 4. The fourth-order valence-corrected chi connectivity index (χ4v) is 5.72. The summed E-state index contributed by atoms with van der Waals surface area (Å²) in [5.41, 5.74) is 4.81. The van der Waals surface area contributed by atoms with Gasteiger partial charge in [-0.05, 0) is 111 Å². The van der Waals surface area contributed by atoms with Gasteiger partial charge in [-0.25, -0.2) is 14.0 Å². The van der Waals surface area contributed by atoms with Crippen LogP contribution in [-0.2, 0) is 11.3 Å². The Kier molecular flexibility index (Phi) is 13.2. The first-order valence-corrected chi connectivity index (χ1v) is 17.1. The molecule has 4 N–H and O–H groups in total. The number of urea groups is 2. The molecule has 6 rings (SSSR count). The number of morpholine rings is 1. The van der Waals surface area contributed by atoms with Gasteiger partial charge in [0.25, 0.3) is 0 Å². The summed E-state index contributed by atoms with van der Waals surface area (Å²) in [6.07, 6.45) is 3.37. The highest BCUT2D eigenvalue weighted by Gasteiger charge is 2.16. The molecule has 0 spiro atoms. The number of Topliss-reactive ketones (excluding diaryl/α,β-unsaturated/α-hetero) is 1. The number of anilines is 5. The van der Waals surface area contributed by atoms with E-state index in [-0.39, 0.29) is 17.6 Å². The number of nitrogens with zero attached hydrogens (tertiary/aromatic N) is 2. The van der Waals surface area contributed by atoms with Crippen LogP contribution in [0.3, 0.4) is 0 Å². The van der Waals surface area contributed by atoms with Gasteiger partial charge in [-0.2, -0.15) is 0 Å². The van der Waals surface area contributed by atoms with Gasteiger partial charge in [-0.3, -0.25) is 9.69 Å². The molecule has 4 aromatic rings. The Hall–Kier alpha value is -4.97. The van der Waals surface area contributed by atoms with Crippen LogP contribution in [0.25, 0.3) is 0 Å². The highest BCUT2D eigenvalue weighted by molar-refractivity contribution is 6.30. The molecule has 0 atom stereocenters. The lowest BCUT2D eigenvalue weighted by molar-refractivity contribution is 0.0342. The van der Waals surface area contributed by atoms with E-state index in [1.54, 1.807) is 60.7 Å². The molecular weight excluding hydrogens is 659 g/mol. The third-order valence-corrected chi connectivity index (χ3v) is 8.53. The molecule has 0 saturated carbocycles. The number of piperidine rings is 1. The van der Waals surface area contributed by atoms with E-state index in [1.165, 1.54) is 25.0 Å². The second-order valence-corrected chi connectivity index (χ2v) is 12.5. The maximum atomic E-state index is 14.3. The lowest BCUT2D eigenvalue weighted by atomic mass is 10.1. The van der Waals surface area contributed by atoms with Gasteiger partial charge in [0.2, 0.25) is 0 Å². The Balaban J connectivity index is 0.000000195. The molecule has 2 aliphatic rings. The molecule has 2 fully saturated rings. The van der Waals surface area contributed by atoms with Crippen LogP contribution in [0.5, 0.6) is 0 Å². The Morgan fingerprint density at radius 3 is 1.72 bits per heavy atom. The van der Waals surface area contributed by atoms with Crippen molar-refractivity contribution >= 4 is 57.9 Å². The highest BCUT2D eigenvalue weighted by Crippen LogP contribution is 2.26. The lowest BCUT2D eigenvalue weighted by Crippen LogP contribution is -2.35. The van der Waals surface area contributed by atoms with Crippen molar-refractivity contribution in [3.05, 3.63) is 113 Å². The number of amides is 4. The molecule has 2 saturated heterocycles. The number of ether oxygens (including phenoxy) is 1. The van der Waals surface area contributed by atoms with E-state index in [2.05, 4.69) is 31.1 Å². The van der Waals surface area contributed by atoms with Crippen molar-refractivity contribution in [2.45, 2.75) is 32.7 Å². The lowest BCUT2D eigenvalue weighted by Gasteiger charge is -2.29. The van der Waals surface area contributed by atoms with Gasteiger partial charge in [0.15, 0.2) is 5.78 Å². The number of carbonyl (C=O) groups is 3. The first-order valence-electron chi connectivity index (χ1n) is 16.7. The topological polar surface area (TPSA) is 115 Å². The molecule has 0 bridgehead atoms. The fourth-order valence-electron chi connectivity index (χ4n) is 5.60. The summed E-state index contributed by atoms with van der Waals surface area (Å²) in [5, 5.41) is 11.5. The minimum absolute atomic E-state index is 0.00169. The Labute approximate surface area is 296 Å². The van der Waals surface area contributed by atoms with Gasteiger partial charge in [-0.1, -0.05) is 23.7 Å². The molecule has 50 heavy (non-hydrogen) atoms. The monoisotopic (exact) mass is 700 g/mol. The number of ketones is 1. The third kappa shape index (κ3) is 11.3. The Morgan fingerprint density at radius 1 is 0.680 bits per heavy atom. The number of benzene rings is 4. The fraction of sp³-hybridized carbons (Fsp3) is 0.289. The minimum Gasteiger partial charge on any atom is -0.379 e. The zero-order chi connectivity index (χ0) is 35.3. The van der Waals surface area contributed by atoms with Crippen LogP contribution >= 0.6 is 11.6 Å². The summed E-state index contributed by atoms with van der Waals surface area (Å²) < 4.78 is 19.7. The molecule has 0 unspecified atom stereocenters. The number of halogens is 2. The average Bonchev–Trinajstić information content (AvgIpc) is 3.11. The van der Waals surface area contributed by atoms with E-state index in [0.29, 0.717) is 33.3 Å². The van der Waals surface area contributed by atoms with Gasteiger partial charge < -0.3 is 30.9 Å². The first-order chi connectivity index (χ1) is 24.2. The highest BCUT2D eigenvalue weighted by atomic mass is 35.5. The van der Waals surface area contributed by atoms with E-state index in [0.717, 1.165) is 64.5 Å². The standard InChI is InChI=1S/C20H23N3O3.C18H19ClFN3O/c1-15(24)17-4-8-19(9-5-17)22-20(25)21-18-6-2-16(3-7-18)14-23-10-12-26-13-11-23;19-13-4-6-14(7-5-13)21-18(24)22-15-8-9-17(16(20)12-15)23-10-2-1-3-11-23/h2-9H,10-14H2,1H3,(H2,21,22,25);4-9,12H,1-3,10-11H2,(H2,21,22,24). The second kappa shape index (κ2) is 18.1. The summed E-state index contributed by atoms with van der Waals surface area (Å²) in [7, 11) is 0. The smallest absolute Gasteiger partial charge is 0.323 e. The number of carbonyl (C=O) groups excluding carboxylic acids is 3. The van der Waals surface area contributed by atoms with Crippen molar-refractivity contribution in [2.24, 2.45) is 0 Å². The van der Waals surface area contributed by atoms with E-state index >= 15 is 0 Å². The van der Waals surface area contributed by atoms with E-state index < -0.39 is 6.03 Å². The summed E-state index contributed by atoms with van der Waals surface area (Å²) in [6, 6.07) is 25.4. The number of rotatable bonds is 8. The van der Waals surface area contributed by atoms with Crippen molar-refractivity contribution in [2.75, 3.05) is 65.6 Å². The second-order valence-electron chi connectivity index (χ2n) is 12.1. The zero-order valence-electron chi connectivity index (χ0n) is 28.0. The van der Waals surface area contributed by atoms with Crippen LogP contribution in [0, 0.1) is 5.82 Å². The molecular formula is C38H42ClFN6O4. The summed E-state index contributed by atoms with van der Waals surface area (Å²) in [6.45, 7) is 7.62. The summed E-state index contributed by atoms with van der Waals surface area (Å²) in [5.74, 6) is -0.320. The van der Waals surface area contributed by atoms with Gasteiger partial charge in [0.05, 0.1) is 18.9 Å². The first kappa shape index (κ1) is 36.3. The van der Waals surface area contributed by atoms with Crippen LogP contribution in [0.15, 0.2) is 91.0 Å². The maximum Gasteiger partial charge on any atom is 0.323 e. The third-order valence-electron chi connectivity index (χ3n) is 8.28. The SMILES string of the molecule is CC(=O)c1ccc(NC(=O)Nc2ccc(CN3CCOCC3)cc2)cc1.O=C(Nc1ccc(Cl)cc1)Nc1ccc(N2CCCCC2)c(F)c1. The van der Waals surface area contributed by atoms with Gasteiger partial charge in [0, 0.05) is 66.1 Å². The Morgan fingerprint density at radius 2 is 1.18 bits per heavy atom. The Bertz CT molecular complexity index is 1730. The minimum atomic E-state index is -0.428. The normalized spacial score (nSPS) is 14.5. The van der Waals surface area contributed by atoms with Gasteiger partial charge in [0.1, 0.15) is 5.82 Å². The largest absolute Gasteiger partial charge is 0.379 e. The molecule has 0 radical (unpaired) electrons. The van der Waals surface area contributed by atoms with E-state index in [1.807, 2.05) is 24.3 Å². The molecule has 2 aliphatic heterocycles. The molecule has 0 aliphatic carbocycles. The van der Waals surface area contributed by atoms with Crippen molar-refractivity contribution < 1.29 is 23.5 Å². The van der Waals surface area contributed by atoms with Crippen LogP contribution in [0.1, 0.15) is 42.1 Å². The van der Waals surface area contributed by atoms with Crippen LogP contribution in [0.2, 0.25) is 5.02 Å². The van der Waals surface area contributed by atoms with Crippen molar-refractivity contribution in [1.82, 2.24) is 4.90 Å². The van der Waals surface area contributed by atoms with Gasteiger partial charge in [-0.15, -0.1) is 0 Å². The zero-order valence-corrected chi connectivity index (χ0v) is 28.8. The van der Waals surface area contributed by atoms with Crippen LogP contribution in [0.4, 0.5) is 42.4 Å². The molecule has 10 nitrogen and oxygen atoms in total. The van der Waals surface area contributed by atoms with Crippen molar-refractivity contribution in [1.29, 1.82) is 0 Å². The molecule has 0 aromatic heterocycles. The predicted molar refractivity (Wildman–Crippen MR) is 198 cm³/mol. The van der Waals surface area contributed by atoms with Crippen LogP contribution in [-0.4, -0.2) is 62.1 Å². The molecule has 4 aromatic carbocycles. The molecule has 262 valence electrons. The average molecular weight is 701 g/mol. The van der Waals surface area contributed by atoms with Crippen molar-refractivity contribution in [3.63, 3.8) is 0 Å². The van der Waals surface area contributed by atoms with Gasteiger partial charge >= 0.3 is 12.1 Å². The van der Waals surface area contributed by atoms with E-state index in [4.69, 9.17) is 16.3 Å². The number of hydrogen-bond acceptors (Lipinski definition) is 6. The van der Waals surface area contributed by atoms with Crippen molar-refractivity contribution in [3.8, 4) is 0 Å². The van der Waals surface area contributed by atoms with Crippen LogP contribution < -0.4 is 26.2 Å². The molecule has 12 heteroatoms. The maximum absolute atomic E-state index is 14.3.